The second-order valence-corrected chi connectivity index (χ2v) is 3.57. The van der Waals surface area contributed by atoms with E-state index < -0.39 is 6.04 Å². The zero-order chi connectivity index (χ0) is 16.9. The van der Waals surface area contributed by atoms with Crippen molar-refractivity contribution in [2.24, 2.45) is 11.7 Å². The Balaban J connectivity index is -0.000000425. The summed E-state index contributed by atoms with van der Waals surface area (Å²) in [6.07, 6.45) is 0.183. The number of rotatable bonds is 3. The van der Waals surface area contributed by atoms with E-state index in [0.717, 1.165) is 4.90 Å². The average Bonchev–Trinajstić information content (AvgIpc) is 2.72. The third kappa shape index (κ3) is 6.80. The van der Waals surface area contributed by atoms with Gasteiger partial charge in [-0.15, -0.1) is 0 Å². The summed E-state index contributed by atoms with van der Waals surface area (Å²) in [5, 5.41) is 0. The number of hydrogen-bond acceptors (Lipinski definition) is 4. The van der Waals surface area contributed by atoms with Gasteiger partial charge in [-0.3, -0.25) is 19.3 Å². The van der Waals surface area contributed by atoms with Crippen molar-refractivity contribution in [3.05, 3.63) is 0 Å². The van der Waals surface area contributed by atoms with Gasteiger partial charge in [0.05, 0.1) is 0 Å². The smallest absolute Gasteiger partial charge is 0.233 e. The van der Waals surface area contributed by atoms with Crippen molar-refractivity contribution in [2.75, 3.05) is 6.54 Å². The van der Waals surface area contributed by atoms with Crippen molar-refractivity contribution in [1.29, 1.82) is 0 Å². The van der Waals surface area contributed by atoms with Gasteiger partial charge in [0, 0.05) is 18.9 Å². The molecule has 0 aliphatic carbocycles. The van der Waals surface area contributed by atoms with Gasteiger partial charge in [0.1, 0.15) is 6.04 Å². The Kier molecular flexibility index (Phi) is 16.9. The quantitative estimate of drug-likeness (QED) is 0.808. The van der Waals surface area contributed by atoms with Gasteiger partial charge in [-0.1, -0.05) is 48.5 Å². The summed E-state index contributed by atoms with van der Waals surface area (Å²) < 4.78 is 0. The molecule has 1 fully saturated rings. The molecular weight excluding hydrogens is 256 g/mol. The molecule has 5 heteroatoms. The number of imide groups is 1. The zero-order valence-electron chi connectivity index (χ0n) is 14.3. The van der Waals surface area contributed by atoms with E-state index in [2.05, 4.69) is 0 Å². The van der Waals surface area contributed by atoms with Crippen LogP contribution in [0.5, 0.6) is 0 Å². The van der Waals surface area contributed by atoms with Crippen LogP contribution in [0, 0.1) is 5.92 Å². The lowest BCUT2D eigenvalue weighted by Gasteiger charge is -2.22. The molecule has 0 saturated carbocycles. The molecule has 0 aromatic heterocycles. The highest BCUT2D eigenvalue weighted by molar-refractivity contribution is 6.06. The van der Waals surface area contributed by atoms with E-state index in [1.54, 1.807) is 6.92 Å². The molecule has 2 atom stereocenters. The normalized spacial score (nSPS) is 17.9. The van der Waals surface area contributed by atoms with Crippen molar-refractivity contribution in [3.63, 3.8) is 0 Å². The summed E-state index contributed by atoms with van der Waals surface area (Å²) in [4.78, 5) is 35.1. The van der Waals surface area contributed by atoms with Crippen LogP contribution in [0.3, 0.4) is 0 Å². The molecule has 120 valence electrons. The van der Waals surface area contributed by atoms with Crippen LogP contribution < -0.4 is 5.73 Å². The number of carbonyl (C=O) groups excluding carboxylic acids is 3. The highest BCUT2D eigenvalue weighted by atomic mass is 16.2. The first-order valence-electron chi connectivity index (χ1n) is 7.55. The van der Waals surface area contributed by atoms with Crippen LogP contribution >= 0.6 is 0 Å². The van der Waals surface area contributed by atoms with Gasteiger partial charge in [0.25, 0.3) is 0 Å². The molecule has 20 heavy (non-hydrogen) atoms. The van der Waals surface area contributed by atoms with E-state index in [4.69, 9.17) is 5.73 Å². The maximum atomic E-state index is 11.5. The number of amides is 2. The Bertz CT molecular complexity index is 291. The number of nitrogens with two attached hydrogens (primary N) is 1. The topological polar surface area (TPSA) is 80.5 Å². The zero-order valence-corrected chi connectivity index (χ0v) is 14.3. The van der Waals surface area contributed by atoms with Gasteiger partial charge in [0.15, 0.2) is 5.78 Å². The van der Waals surface area contributed by atoms with Crippen LogP contribution in [0.25, 0.3) is 0 Å². The highest BCUT2D eigenvalue weighted by Gasteiger charge is 2.40. The number of hydrogen-bond donors (Lipinski definition) is 1. The van der Waals surface area contributed by atoms with Crippen molar-refractivity contribution in [3.8, 4) is 0 Å². The van der Waals surface area contributed by atoms with E-state index in [1.807, 2.05) is 41.5 Å². The standard InChI is InChI=1S/C9H14N2O3.3C2H6/c1-5-3-8(13)11(9(5)14)7(4-10)6(2)12;3*1-2/h5,7H,3-4,10H2,1-2H3;3*1-2H3. The van der Waals surface area contributed by atoms with E-state index in [1.165, 1.54) is 6.92 Å². The molecule has 1 saturated heterocycles. The molecule has 5 nitrogen and oxygen atoms in total. The number of nitrogens with zero attached hydrogens (tertiary/aromatic N) is 1. The predicted octanol–water partition coefficient (Wildman–Crippen LogP) is 2.38. The van der Waals surface area contributed by atoms with Gasteiger partial charge >= 0.3 is 0 Å². The molecule has 2 unspecified atom stereocenters. The van der Waals surface area contributed by atoms with Crippen molar-refractivity contribution < 1.29 is 14.4 Å². The highest BCUT2D eigenvalue weighted by Crippen LogP contribution is 2.21. The third-order valence-electron chi connectivity index (χ3n) is 2.41. The largest absolute Gasteiger partial charge is 0.328 e. The Morgan fingerprint density at radius 3 is 1.80 bits per heavy atom. The van der Waals surface area contributed by atoms with Crippen LogP contribution in [0.15, 0.2) is 0 Å². The Morgan fingerprint density at radius 2 is 1.60 bits per heavy atom. The summed E-state index contributed by atoms with van der Waals surface area (Å²) in [5.41, 5.74) is 5.36. The Morgan fingerprint density at radius 1 is 1.20 bits per heavy atom. The third-order valence-corrected chi connectivity index (χ3v) is 2.41. The Hall–Kier alpha value is -1.23. The van der Waals surface area contributed by atoms with E-state index in [-0.39, 0.29) is 36.5 Å². The second kappa shape index (κ2) is 14.2. The lowest BCUT2D eigenvalue weighted by molar-refractivity contribution is -0.145. The summed E-state index contributed by atoms with van der Waals surface area (Å²) in [6.45, 7) is 15.0. The fourth-order valence-corrected chi connectivity index (χ4v) is 1.59. The van der Waals surface area contributed by atoms with Crippen molar-refractivity contribution in [1.82, 2.24) is 4.90 Å². The molecule has 1 aliphatic heterocycles. The van der Waals surface area contributed by atoms with Crippen molar-refractivity contribution >= 4 is 17.6 Å². The first-order valence-corrected chi connectivity index (χ1v) is 7.55. The fraction of sp³-hybridized carbons (Fsp3) is 0.800. The maximum Gasteiger partial charge on any atom is 0.233 e. The second-order valence-electron chi connectivity index (χ2n) is 3.57. The molecule has 1 heterocycles. The van der Waals surface area contributed by atoms with Gasteiger partial charge in [-0.2, -0.15) is 0 Å². The van der Waals surface area contributed by atoms with Gasteiger partial charge in [-0.05, 0) is 6.92 Å². The monoisotopic (exact) mass is 288 g/mol. The predicted molar refractivity (Wildman–Crippen MR) is 83.2 cm³/mol. The molecular formula is C15H32N2O3. The first-order chi connectivity index (χ1) is 9.49. The SMILES string of the molecule is CC.CC.CC.CC(=O)C(CN)N1C(=O)CC(C)C1=O. The maximum absolute atomic E-state index is 11.5. The average molecular weight is 288 g/mol. The van der Waals surface area contributed by atoms with Gasteiger partial charge in [-0.25, -0.2) is 0 Å². The van der Waals surface area contributed by atoms with Crippen LogP contribution in [0.4, 0.5) is 0 Å². The van der Waals surface area contributed by atoms with Crippen LogP contribution in [-0.2, 0) is 14.4 Å². The molecule has 1 aliphatic rings. The van der Waals surface area contributed by atoms with Crippen molar-refractivity contribution in [2.45, 2.75) is 67.9 Å². The number of Topliss-reactive ketones (excluding diaryl/α,β-unsaturated/α-hetero) is 1. The molecule has 2 N–H and O–H groups in total. The van der Waals surface area contributed by atoms with Gasteiger partial charge < -0.3 is 5.73 Å². The molecule has 0 aromatic rings. The molecule has 2 amide bonds. The summed E-state index contributed by atoms with van der Waals surface area (Å²) in [6, 6.07) is -0.778. The minimum Gasteiger partial charge on any atom is -0.328 e. The molecule has 0 spiro atoms. The Labute approximate surface area is 123 Å². The number of likely N-dealkylation sites (tertiary alicyclic amines) is 1. The number of ketones is 1. The summed E-state index contributed by atoms with van der Waals surface area (Å²) in [5.74, 6) is -1.16. The molecule has 0 bridgehead atoms. The van der Waals surface area contributed by atoms with Crippen LogP contribution in [-0.4, -0.2) is 35.1 Å². The molecule has 0 aromatic carbocycles. The lowest BCUT2D eigenvalue weighted by Crippen LogP contribution is -2.48. The first kappa shape index (κ1) is 23.8. The van der Waals surface area contributed by atoms with E-state index >= 15 is 0 Å². The van der Waals surface area contributed by atoms with Gasteiger partial charge in [0.2, 0.25) is 11.8 Å². The minimum atomic E-state index is -0.778. The summed E-state index contributed by atoms with van der Waals surface area (Å²) >= 11 is 0. The van der Waals surface area contributed by atoms with Crippen LogP contribution in [0.2, 0.25) is 0 Å². The molecule has 0 radical (unpaired) electrons. The lowest BCUT2D eigenvalue weighted by atomic mass is 10.1. The molecule has 1 rings (SSSR count). The van der Waals surface area contributed by atoms with Crippen LogP contribution in [0.1, 0.15) is 61.8 Å². The number of carbonyl (C=O) groups is 3. The van der Waals surface area contributed by atoms with E-state index in [9.17, 15) is 14.4 Å². The summed E-state index contributed by atoms with van der Waals surface area (Å²) in [7, 11) is 0. The fourth-order valence-electron chi connectivity index (χ4n) is 1.59. The minimum absolute atomic E-state index is 0.000463. The van der Waals surface area contributed by atoms with E-state index in [0.29, 0.717) is 0 Å².